The van der Waals surface area contributed by atoms with Gasteiger partial charge in [0, 0.05) is 0 Å². The molecule has 0 saturated carbocycles. The fourth-order valence-corrected chi connectivity index (χ4v) is 6.16. The van der Waals surface area contributed by atoms with Crippen molar-refractivity contribution >= 4 is 53.2 Å². The quantitative estimate of drug-likeness (QED) is 0.0477. The van der Waals surface area contributed by atoms with E-state index in [1.165, 1.54) is 20.8 Å². The number of carboxylic acids is 1. The van der Waals surface area contributed by atoms with E-state index in [0.717, 1.165) is 0 Å². The molecule has 8 amide bonds. The van der Waals surface area contributed by atoms with Gasteiger partial charge in [-0.1, -0.05) is 75.7 Å². The molecule has 0 aliphatic heterocycles. The zero-order valence-electron chi connectivity index (χ0n) is 39.0. The average molecular weight is 884 g/mol. The minimum Gasteiger partial charge on any atom is -0.480 e. The molecule has 12 N–H and O–H groups in total. The largest absolute Gasteiger partial charge is 0.480 e. The number of carbonyl (C=O) groups is 9. The van der Waals surface area contributed by atoms with Crippen molar-refractivity contribution < 1.29 is 53.4 Å². The number of carboxylic acid groups (broad SMARTS) is 1. The van der Waals surface area contributed by atoms with Crippen LogP contribution in [0.3, 0.4) is 0 Å². The van der Waals surface area contributed by atoms with Gasteiger partial charge < -0.3 is 58.5 Å². The Labute approximate surface area is 366 Å². The summed E-state index contributed by atoms with van der Waals surface area (Å²) in [5, 5.41) is 39.9. The van der Waals surface area contributed by atoms with E-state index >= 15 is 0 Å². The molecular formula is C42H77N9O11. The Morgan fingerprint density at radius 3 is 1.13 bits per heavy atom. The summed E-state index contributed by atoms with van der Waals surface area (Å²) in [7, 11) is 0. The maximum absolute atomic E-state index is 13.7. The van der Waals surface area contributed by atoms with Crippen molar-refractivity contribution in [3.05, 3.63) is 0 Å². The van der Waals surface area contributed by atoms with Crippen molar-refractivity contribution in [1.82, 2.24) is 42.5 Å². The van der Waals surface area contributed by atoms with E-state index in [1.54, 1.807) is 41.5 Å². The summed E-state index contributed by atoms with van der Waals surface area (Å²) in [5.41, 5.74) is 5.94. The summed E-state index contributed by atoms with van der Waals surface area (Å²) < 4.78 is 0. The van der Waals surface area contributed by atoms with Crippen molar-refractivity contribution in [2.75, 3.05) is 6.61 Å². The van der Waals surface area contributed by atoms with E-state index in [1.807, 2.05) is 27.7 Å². The summed E-state index contributed by atoms with van der Waals surface area (Å²) in [4.78, 5) is 117. The van der Waals surface area contributed by atoms with Gasteiger partial charge in [0.05, 0.1) is 12.6 Å². The number of aliphatic hydroxyl groups is 1. The van der Waals surface area contributed by atoms with Crippen LogP contribution in [-0.4, -0.2) is 124 Å². The zero-order valence-corrected chi connectivity index (χ0v) is 39.0. The first kappa shape index (κ1) is 57.1. The molecule has 0 spiro atoms. The fourth-order valence-electron chi connectivity index (χ4n) is 6.16. The van der Waals surface area contributed by atoms with Crippen LogP contribution in [0.1, 0.15) is 122 Å². The first-order valence-corrected chi connectivity index (χ1v) is 21.7. The van der Waals surface area contributed by atoms with Crippen LogP contribution in [0.25, 0.3) is 0 Å². The van der Waals surface area contributed by atoms with Crippen LogP contribution in [-0.2, 0) is 43.2 Å². The SMILES string of the molecule is CC[C@H](C)[C@H](NC(=O)[C@H](C)NC(=O)[C@@H](N)CC(C)C)C(=O)N[C@@H](C)C(=O)N[C@@H](CO)C(=O)N[C@@H](CC(C)C)C(=O)N[C@@H](CC(C)C)C(=O)N[C@@H](C)C(=O)N[C@@H](CC(C)C)C(=O)O. The van der Waals surface area contributed by atoms with Crippen LogP contribution < -0.4 is 48.3 Å². The van der Waals surface area contributed by atoms with Crippen LogP contribution in [0.2, 0.25) is 0 Å². The van der Waals surface area contributed by atoms with Gasteiger partial charge in [0.25, 0.3) is 0 Å². The number of carbonyl (C=O) groups excluding carboxylic acids is 8. The highest BCUT2D eigenvalue weighted by Gasteiger charge is 2.34. The van der Waals surface area contributed by atoms with Gasteiger partial charge in [-0.15, -0.1) is 0 Å². The Bertz CT molecular complexity index is 1520. The Kier molecular flexibility index (Phi) is 25.8. The van der Waals surface area contributed by atoms with Crippen molar-refractivity contribution in [1.29, 1.82) is 0 Å². The predicted octanol–water partition coefficient (Wildman–Crippen LogP) is -0.441. The molecule has 20 heteroatoms. The number of hydrogen-bond acceptors (Lipinski definition) is 11. The molecule has 20 nitrogen and oxygen atoms in total. The summed E-state index contributed by atoms with van der Waals surface area (Å²) in [6, 6.07) is -10.5. The predicted molar refractivity (Wildman–Crippen MR) is 232 cm³/mol. The molecule has 0 rings (SSSR count). The average Bonchev–Trinajstić information content (AvgIpc) is 3.16. The maximum Gasteiger partial charge on any atom is 0.326 e. The molecule has 0 aromatic carbocycles. The van der Waals surface area contributed by atoms with E-state index < -0.39 is 120 Å². The lowest BCUT2D eigenvalue weighted by Crippen LogP contribution is -2.61. The molecule has 0 unspecified atom stereocenters. The maximum atomic E-state index is 13.7. The van der Waals surface area contributed by atoms with Crippen molar-refractivity contribution in [2.24, 2.45) is 35.3 Å². The van der Waals surface area contributed by atoms with Crippen molar-refractivity contribution in [2.45, 2.75) is 176 Å². The van der Waals surface area contributed by atoms with E-state index in [2.05, 4.69) is 42.5 Å². The molecule has 0 heterocycles. The molecule has 62 heavy (non-hydrogen) atoms. The summed E-state index contributed by atoms with van der Waals surface area (Å²) in [6.07, 6.45) is 1.28. The number of amides is 8. The third-order valence-corrected chi connectivity index (χ3v) is 9.93. The Morgan fingerprint density at radius 2 is 0.742 bits per heavy atom. The molecular weight excluding hydrogens is 807 g/mol. The van der Waals surface area contributed by atoms with Crippen LogP contribution in [0.5, 0.6) is 0 Å². The summed E-state index contributed by atoms with van der Waals surface area (Å²) in [6.45, 7) is 21.4. The molecule has 0 saturated heterocycles. The van der Waals surface area contributed by atoms with Gasteiger partial charge in [-0.05, 0) is 76.0 Å². The topological polar surface area (TPSA) is 316 Å². The molecule has 0 aliphatic carbocycles. The first-order chi connectivity index (χ1) is 28.6. The van der Waals surface area contributed by atoms with Crippen molar-refractivity contribution in [3.63, 3.8) is 0 Å². The third kappa shape index (κ3) is 21.3. The third-order valence-electron chi connectivity index (χ3n) is 9.93. The molecule has 0 fully saturated rings. The fraction of sp³-hybridized carbons (Fsp3) is 0.786. The van der Waals surface area contributed by atoms with Crippen LogP contribution in [0, 0.1) is 29.6 Å². The highest BCUT2D eigenvalue weighted by molar-refractivity contribution is 5.98. The van der Waals surface area contributed by atoms with E-state index in [9.17, 15) is 53.4 Å². The minimum absolute atomic E-state index is 0.0281. The van der Waals surface area contributed by atoms with Gasteiger partial charge in [0.15, 0.2) is 0 Å². The summed E-state index contributed by atoms with van der Waals surface area (Å²) in [5.74, 6) is -7.62. The van der Waals surface area contributed by atoms with E-state index in [-0.39, 0.29) is 42.9 Å². The number of nitrogens with two attached hydrogens (primary N) is 1. The summed E-state index contributed by atoms with van der Waals surface area (Å²) >= 11 is 0. The van der Waals surface area contributed by atoms with Gasteiger partial charge in [0.1, 0.15) is 48.3 Å². The van der Waals surface area contributed by atoms with E-state index in [4.69, 9.17) is 5.73 Å². The van der Waals surface area contributed by atoms with Crippen LogP contribution >= 0.6 is 0 Å². The molecule has 0 bridgehead atoms. The number of hydrogen-bond donors (Lipinski definition) is 11. The molecule has 0 aromatic heterocycles. The molecule has 0 aliphatic rings. The molecule has 10 atom stereocenters. The van der Waals surface area contributed by atoms with Crippen molar-refractivity contribution in [3.8, 4) is 0 Å². The van der Waals surface area contributed by atoms with Crippen LogP contribution in [0.15, 0.2) is 0 Å². The monoisotopic (exact) mass is 884 g/mol. The van der Waals surface area contributed by atoms with Gasteiger partial charge >= 0.3 is 5.97 Å². The van der Waals surface area contributed by atoms with Crippen LogP contribution in [0.4, 0.5) is 0 Å². The number of aliphatic hydroxyl groups excluding tert-OH is 1. The highest BCUT2D eigenvalue weighted by Crippen LogP contribution is 2.12. The molecule has 0 aromatic rings. The van der Waals surface area contributed by atoms with Gasteiger partial charge in [-0.3, -0.25) is 38.4 Å². The Hall–Kier alpha value is -4.85. The Balaban J connectivity index is 5.86. The lowest BCUT2D eigenvalue weighted by Gasteiger charge is -2.28. The lowest BCUT2D eigenvalue weighted by molar-refractivity contribution is -0.142. The Morgan fingerprint density at radius 1 is 0.419 bits per heavy atom. The molecule has 356 valence electrons. The second-order valence-electron chi connectivity index (χ2n) is 18.0. The lowest BCUT2D eigenvalue weighted by atomic mass is 9.97. The van der Waals surface area contributed by atoms with Gasteiger partial charge in [0.2, 0.25) is 47.3 Å². The number of nitrogens with one attached hydrogen (secondary N) is 8. The first-order valence-electron chi connectivity index (χ1n) is 21.7. The minimum atomic E-state index is -1.57. The number of rotatable bonds is 28. The zero-order chi connectivity index (χ0) is 48.2. The second kappa shape index (κ2) is 28.0. The number of aliphatic carboxylic acids is 1. The van der Waals surface area contributed by atoms with Gasteiger partial charge in [-0.2, -0.15) is 0 Å². The smallest absolute Gasteiger partial charge is 0.326 e. The van der Waals surface area contributed by atoms with Gasteiger partial charge in [-0.25, -0.2) is 4.79 Å². The van der Waals surface area contributed by atoms with E-state index in [0.29, 0.717) is 12.8 Å². The second-order valence-corrected chi connectivity index (χ2v) is 18.0. The molecule has 0 radical (unpaired) electrons. The normalized spacial score (nSPS) is 16.3. The standard InChI is InChI=1S/C42H77N9O11/c1-14-24(10)33(51-36(55)27(13)44-37(56)28(43)15-20(2)3)41(60)46-26(12)35(54)50-32(19-52)40(59)48-30(17-22(6)7)39(58)47-29(16-21(4)5)38(57)45-25(11)34(53)49-31(42(61)62)18-23(8)9/h20-33,52H,14-19,43H2,1-13H3,(H,44,56)(H,45,57)(H,46,60)(H,47,58)(H,48,59)(H,49,53)(H,50,54)(H,51,55)(H,61,62)/t24-,25-,26-,27-,28-,29-,30-,31-,32-,33-/m0/s1. The highest BCUT2D eigenvalue weighted by atomic mass is 16.4.